The Hall–Kier alpha value is -2.27. The molecule has 0 aliphatic heterocycles. The lowest BCUT2D eigenvalue weighted by atomic mass is 10.1. The van der Waals surface area contributed by atoms with E-state index in [1.807, 2.05) is 37.3 Å². The van der Waals surface area contributed by atoms with Crippen molar-refractivity contribution >= 4 is 11.6 Å². The predicted octanol–water partition coefficient (Wildman–Crippen LogP) is 1.55. The molecule has 20 heavy (non-hydrogen) atoms. The van der Waals surface area contributed by atoms with Crippen LogP contribution < -0.4 is 11.1 Å². The fourth-order valence-electron chi connectivity index (χ4n) is 2.14. The fraction of sp³-hybridized carbons (Fsp3) is 0.267. The van der Waals surface area contributed by atoms with Gasteiger partial charge in [-0.2, -0.15) is 0 Å². The van der Waals surface area contributed by atoms with Gasteiger partial charge in [-0.3, -0.25) is 4.79 Å². The van der Waals surface area contributed by atoms with E-state index in [2.05, 4.69) is 5.32 Å². The lowest BCUT2D eigenvalue weighted by molar-refractivity contribution is 0.0907. The van der Waals surface area contributed by atoms with Crippen molar-refractivity contribution in [2.24, 2.45) is 0 Å². The summed E-state index contributed by atoms with van der Waals surface area (Å²) in [5.41, 5.74) is 7.64. The molecule has 0 spiro atoms. The van der Waals surface area contributed by atoms with Crippen molar-refractivity contribution in [2.75, 3.05) is 12.3 Å². The first-order valence-electron chi connectivity index (χ1n) is 6.58. The van der Waals surface area contributed by atoms with Crippen LogP contribution in [0.1, 0.15) is 29.0 Å². The van der Waals surface area contributed by atoms with E-state index >= 15 is 0 Å². The summed E-state index contributed by atoms with van der Waals surface area (Å²) in [5, 5.41) is 12.3. The third kappa shape index (κ3) is 3.00. The van der Waals surface area contributed by atoms with E-state index in [0.29, 0.717) is 17.9 Å². The summed E-state index contributed by atoms with van der Waals surface area (Å²) in [6.07, 6.45) is 1.73. The van der Waals surface area contributed by atoms with Crippen LogP contribution in [0.2, 0.25) is 0 Å². The molecule has 5 heteroatoms. The Kier molecular flexibility index (Phi) is 4.42. The molecule has 4 N–H and O–H groups in total. The Bertz CT molecular complexity index is 578. The third-order valence-electron chi connectivity index (χ3n) is 3.18. The molecule has 0 bridgehead atoms. The maximum atomic E-state index is 12.3. The number of anilines is 1. The van der Waals surface area contributed by atoms with Gasteiger partial charge in [-0.1, -0.05) is 30.3 Å². The zero-order valence-electron chi connectivity index (χ0n) is 11.4. The molecule has 1 amide bonds. The molecule has 0 saturated heterocycles. The molecule has 0 aliphatic rings. The molecular weight excluding hydrogens is 254 g/mol. The normalized spacial score (nSPS) is 12.1. The van der Waals surface area contributed by atoms with Gasteiger partial charge < -0.3 is 20.7 Å². The van der Waals surface area contributed by atoms with E-state index in [-0.39, 0.29) is 12.5 Å². The second-order valence-electron chi connectivity index (χ2n) is 4.56. The van der Waals surface area contributed by atoms with Crippen LogP contribution in [0.3, 0.4) is 0 Å². The highest BCUT2D eigenvalue weighted by Gasteiger charge is 2.17. The zero-order chi connectivity index (χ0) is 14.5. The van der Waals surface area contributed by atoms with Crippen molar-refractivity contribution in [2.45, 2.75) is 19.5 Å². The van der Waals surface area contributed by atoms with Crippen molar-refractivity contribution in [3.8, 4) is 0 Å². The summed E-state index contributed by atoms with van der Waals surface area (Å²) in [5.74, 6) is -0.244. The van der Waals surface area contributed by atoms with Gasteiger partial charge in [0.15, 0.2) is 0 Å². The number of aliphatic hydroxyl groups excluding tert-OH is 1. The lowest BCUT2D eigenvalue weighted by Gasteiger charge is -2.17. The van der Waals surface area contributed by atoms with Crippen LogP contribution in [0.4, 0.5) is 5.69 Å². The first-order valence-corrected chi connectivity index (χ1v) is 6.58. The Morgan fingerprint density at radius 2 is 2.10 bits per heavy atom. The summed E-state index contributed by atoms with van der Waals surface area (Å²) < 4.78 is 1.78. The smallest absolute Gasteiger partial charge is 0.268 e. The van der Waals surface area contributed by atoms with Crippen LogP contribution in [-0.2, 0) is 6.54 Å². The first kappa shape index (κ1) is 14.1. The van der Waals surface area contributed by atoms with Crippen molar-refractivity contribution in [3.63, 3.8) is 0 Å². The molecule has 2 aromatic rings. The van der Waals surface area contributed by atoms with Crippen molar-refractivity contribution in [3.05, 3.63) is 53.9 Å². The molecule has 1 atom stereocenters. The van der Waals surface area contributed by atoms with Gasteiger partial charge in [0.1, 0.15) is 5.69 Å². The first-order chi connectivity index (χ1) is 9.65. The minimum Gasteiger partial charge on any atom is -0.397 e. The van der Waals surface area contributed by atoms with Gasteiger partial charge in [0, 0.05) is 12.7 Å². The molecule has 0 saturated carbocycles. The minimum absolute atomic E-state index is 0.155. The Balaban J connectivity index is 2.17. The molecule has 0 fully saturated rings. The number of nitrogen functional groups attached to an aromatic ring is 1. The van der Waals surface area contributed by atoms with E-state index in [9.17, 15) is 9.90 Å². The van der Waals surface area contributed by atoms with Crippen LogP contribution in [0.5, 0.6) is 0 Å². The quantitative estimate of drug-likeness (QED) is 0.773. The second-order valence-corrected chi connectivity index (χ2v) is 4.56. The monoisotopic (exact) mass is 273 g/mol. The van der Waals surface area contributed by atoms with Gasteiger partial charge >= 0.3 is 0 Å². The van der Waals surface area contributed by atoms with Crippen LogP contribution in [0.15, 0.2) is 42.6 Å². The molecule has 106 valence electrons. The highest BCUT2D eigenvalue weighted by atomic mass is 16.3. The van der Waals surface area contributed by atoms with Gasteiger partial charge in [-0.25, -0.2) is 0 Å². The van der Waals surface area contributed by atoms with Gasteiger partial charge in [0.2, 0.25) is 0 Å². The Labute approximate surface area is 118 Å². The minimum atomic E-state index is -0.426. The molecule has 1 aromatic heterocycles. The van der Waals surface area contributed by atoms with Gasteiger partial charge in [-0.05, 0) is 18.6 Å². The molecule has 1 aromatic carbocycles. The number of aromatic nitrogens is 1. The van der Waals surface area contributed by atoms with Crippen LogP contribution >= 0.6 is 0 Å². The number of hydrogen-bond acceptors (Lipinski definition) is 3. The van der Waals surface area contributed by atoms with Crippen molar-refractivity contribution in [1.29, 1.82) is 0 Å². The maximum Gasteiger partial charge on any atom is 0.268 e. The van der Waals surface area contributed by atoms with Crippen LogP contribution in [0.25, 0.3) is 0 Å². The Morgan fingerprint density at radius 1 is 1.40 bits per heavy atom. The van der Waals surface area contributed by atoms with Crippen LogP contribution in [0, 0.1) is 0 Å². The molecule has 0 aliphatic carbocycles. The average Bonchev–Trinajstić information content (AvgIpc) is 2.86. The number of rotatable bonds is 5. The number of benzene rings is 1. The lowest BCUT2D eigenvalue weighted by Crippen LogP contribution is -2.32. The number of hydrogen-bond donors (Lipinski definition) is 3. The largest absolute Gasteiger partial charge is 0.397 e. The number of nitrogens with two attached hydrogens (primary N) is 1. The van der Waals surface area contributed by atoms with Crippen molar-refractivity contribution < 1.29 is 9.90 Å². The molecule has 5 nitrogen and oxygen atoms in total. The number of carbonyl (C=O) groups is 1. The SMILES string of the molecule is CCn1cc(N)cc1C(=O)N[C@H](CO)c1ccccc1. The Morgan fingerprint density at radius 3 is 2.70 bits per heavy atom. The predicted molar refractivity (Wildman–Crippen MR) is 78.3 cm³/mol. The summed E-state index contributed by atoms with van der Waals surface area (Å²) in [4.78, 5) is 12.3. The molecule has 0 radical (unpaired) electrons. The van der Waals surface area contributed by atoms with Gasteiger partial charge in [0.05, 0.1) is 18.3 Å². The number of carbonyl (C=O) groups excluding carboxylic acids is 1. The number of nitrogens with zero attached hydrogens (tertiary/aromatic N) is 1. The summed E-state index contributed by atoms with van der Waals surface area (Å²) in [6.45, 7) is 2.45. The highest BCUT2D eigenvalue weighted by Crippen LogP contribution is 2.15. The fourth-order valence-corrected chi connectivity index (χ4v) is 2.14. The summed E-state index contributed by atoms with van der Waals surface area (Å²) in [6, 6.07) is 10.6. The zero-order valence-corrected chi connectivity index (χ0v) is 11.4. The summed E-state index contributed by atoms with van der Waals surface area (Å²) in [7, 11) is 0. The number of amides is 1. The molecule has 2 rings (SSSR count). The standard InChI is InChI=1S/C15H19N3O2/c1-2-18-9-12(16)8-14(18)15(20)17-13(10-19)11-6-4-3-5-7-11/h3-9,13,19H,2,10,16H2,1H3,(H,17,20)/t13-/m1/s1. The maximum absolute atomic E-state index is 12.3. The van der Waals surface area contributed by atoms with E-state index in [1.165, 1.54) is 0 Å². The van der Waals surface area contributed by atoms with E-state index in [0.717, 1.165) is 5.56 Å². The van der Waals surface area contributed by atoms with Crippen molar-refractivity contribution in [1.82, 2.24) is 9.88 Å². The summed E-state index contributed by atoms with van der Waals surface area (Å²) >= 11 is 0. The van der Waals surface area contributed by atoms with Crippen LogP contribution in [-0.4, -0.2) is 22.2 Å². The average molecular weight is 273 g/mol. The van der Waals surface area contributed by atoms with Gasteiger partial charge in [-0.15, -0.1) is 0 Å². The number of aryl methyl sites for hydroxylation is 1. The van der Waals surface area contributed by atoms with E-state index < -0.39 is 6.04 Å². The molecule has 1 heterocycles. The topological polar surface area (TPSA) is 80.3 Å². The third-order valence-corrected chi connectivity index (χ3v) is 3.18. The molecular formula is C15H19N3O2. The highest BCUT2D eigenvalue weighted by molar-refractivity contribution is 5.94. The second kappa shape index (κ2) is 6.25. The van der Waals surface area contributed by atoms with Gasteiger partial charge in [0.25, 0.3) is 5.91 Å². The van der Waals surface area contributed by atoms with E-state index in [4.69, 9.17) is 5.73 Å². The number of nitrogens with one attached hydrogen (secondary N) is 1. The van der Waals surface area contributed by atoms with E-state index in [1.54, 1.807) is 16.8 Å². The number of aliphatic hydroxyl groups is 1. The molecule has 0 unspecified atom stereocenters.